The molecule has 0 bridgehead atoms. The lowest BCUT2D eigenvalue weighted by atomic mass is 10.1. The molecule has 0 aliphatic carbocycles. The number of aromatic nitrogens is 4. The molecule has 0 amide bonds. The summed E-state index contributed by atoms with van der Waals surface area (Å²) >= 11 is 0. The van der Waals surface area contributed by atoms with E-state index in [1.165, 1.54) is 0 Å². The van der Waals surface area contributed by atoms with Gasteiger partial charge in [0.15, 0.2) is 6.61 Å². The van der Waals surface area contributed by atoms with Crippen molar-refractivity contribution in [1.82, 2.24) is 19.7 Å². The van der Waals surface area contributed by atoms with E-state index in [1.807, 2.05) is 56.3 Å². The smallest absolute Gasteiger partial charge is 0.272 e. The maximum absolute atomic E-state index is 12.4. The third kappa shape index (κ3) is 3.89. The number of ether oxygens (including phenoxy) is 1. The quantitative estimate of drug-likeness (QED) is 0.494. The van der Waals surface area contributed by atoms with Crippen LogP contribution in [0.25, 0.3) is 22.4 Å². The average molecular weight is 390 g/mol. The highest BCUT2D eigenvalue weighted by Crippen LogP contribution is 2.22. The summed E-state index contributed by atoms with van der Waals surface area (Å²) in [5, 5.41) is 4.06. The van der Waals surface area contributed by atoms with Crippen LogP contribution in [0.5, 0.6) is 5.75 Å². The Morgan fingerprint density at radius 3 is 2.76 bits per heavy atom. The van der Waals surface area contributed by atoms with Crippen LogP contribution in [0.1, 0.15) is 30.5 Å². The fourth-order valence-corrected chi connectivity index (χ4v) is 3.24. The van der Waals surface area contributed by atoms with Crippen molar-refractivity contribution < 1.29 is 9.26 Å². The molecular weight excluding hydrogens is 368 g/mol. The summed E-state index contributed by atoms with van der Waals surface area (Å²) in [5.74, 6) is 1.60. The Bertz CT molecular complexity index is 1230. The Hall–Kier alpha value is -3.48. The Morgan fingerprint density at radius 2 is 1.97 bits per heavy atom. The van der Waals surface area contributed by atoms with Gasteiger partial charge in [0.1, 0.15) is 11.4 Å². The first-order valence-corrected chi connectivity index (χ1v) is 9.59. The fourth-order valence-electron chi connectivity index (χ4n) is 3.24. The van der Waals surface area contributed by atoms with Crippen LogP contribution >= 0.6 is 0 Å². The monoisotopic (exact) mass is 390 g/mol. The summed E-state index contributed by atoms with van der Waals surface area (Å²) in [7, 11) is 0. The summed E-state index contributed by atoms with van der Waals surface area (Å²) in [6.07, 6.45) is 0.870. The van der Waals surface area contributed by atoms with Gasteiger partial charge in [0.25, 0.3) is 11.4 Å². The molecule has 0 aliphatic rings. The number of hydrogen-bond acceptors (Lipinski definition) is 6. The Morgan fingerprint density at radius 1 is 1.10 bits per heavy atom. The zero-order valence-electron chi connectivity index (χ0n) is 16.7. The van der Waals surface area contributed by atoms with Gasteiger partial charge in [0, 0.05) is 12.1 Å². The van der Waals surface area contributed by atoms with Crippen molar-refractivity contribution in [3.05, 3.63) is 70.0 Å². The summed E-state index contributed by atoms with van der Waals surface area (Å²) in [6.45, 7) is 6.63. The second kappa shape index (κ2) is 7.87. The van der Waals surface area contributed by atoms with Crippen LogP contribution in [0, 0.1) is 13.8 Å². The van der Waals surface area contributed by atoms with Gasteiger partial charge in [0.2, 0.25) is 5.82 Å². The van der Waals surface area contributed by atoms with Gasteiger partial charge < -0.3 is 13.8 Å². The molecular formula is C22H22N4O3. The van der Waals surface area contributed by atoms with Gasteiger partial charge in [0.05, 0.1) is 11.0 Å². The van der Waals surface area contributed by atoms with Crippen molar-refractivity contribution >= 4 is 11.0 Å². The van der Waals surface area contributed by atoms with Gasteiger partial charge in [-0.1, -0.05) is 24.2 Å². The number of aryl methyl sites for hydroxylation is 3. The molecule has 0 atom stereocenters. The fraction of sp³-hybridized carbons (Fsp3) is 0.273. The first-order valence-electron chi connectivity index (χ1n) is 9.59. The molecule has 2 aromatic carbocycles. The van der Waals surface area contributed by atoms with E-state index in [4.69, 9.17) is 9.26 Å². The molecule has 0 saturated heterocycles. The van der Waals surface area contributed by atoms with Crippen LogP contribution < -0.4 is 10.3 Å². The van der Waals surface area contributed by atoms with E-state index in [9.17, 15) is 4.79 Å². The maximum atomic E-state index is 12.4. The number of fused-ring (bicyclic) bond motifs is 1. The molecule has 4 rings (SSSR count). The standard InChI is InChI=1S/C22H22N4O3/c1-4-10-26-19-9-8-16(12-18(19)23-15(3)22(26)27)21-24-20(29-25-21)13-28-17-7-5-6-14(2)11-17/h5-9,11-12H,4,10,13H2,1-3H3. The predicted molar refractivity (Wildman–Crippen MR) is 110 cm³/mol. The van der Waals surface area contributed by atoms with Gasteiger partial charge in [-0.2, -0.15) is 4.98 Å². The first kappa shape index (κ1) is 18.9. The van der Waals surface area contributed by atoms with E-state index < -0.39 is 0 Å². The van der Waals surface area contributed by atoms with Gasteiger partial charge >= 0.3 is 0 Å². The van der Waals surface area contributed by atoms with Gasteiger partial charge in [-0.3, -0.25) is 4.79 Å². The Labute approximate surface area is 168 Å². The largest absolute Gasteiger partial charge is 0.484 e. The summed E-state index contributed by atoms with van der Waals surface area (Å²) in [4.78, 5) is 21.3. The highest BCUT2D eigenvalue weighted by atomic mass is 16.5. The third-order valence-electron chi connectivity index (χ3n) is 4.63. The van der Waals surface area contributed by atoms with Crippen molar-refractivity contribution in [3.8, 4) is 17.1 Å². The van der Waals surface area contributed by atoms with E-state index in [2.05, 4.69) is 15.1 Å². The topological polar surface area (TPSA) is 83.0 Å². The van der Waals surface area contributed by atoms with Crippen LogP contribution in [0.4, 0.5) is 0 Å². The SMILES string of the molecule is CCCn1c(=O)c(C)nc2cc(-c3noc(COc4cccc(C)c4)n3)ccc21. The summed E-state index contributed by atoms with van der Waals surface area (Å²) in [5.41, 5.74) is 3.85. The van der Waals surface area contributed by atoms with Crippen LogP contribution in [-0.4, -0.2) is 19.7 Å². The van der Waals surface area contributed by atoms with Gasteiger partial charge in [-0.15, -0.1) is 0 Å². The molecule has 148 valence electrons. The summed E-state index contributed by atoms with van der Waals surface area (Å²) in [6, 6.07) is 13.4. The molecule has 0 N–H and O–H groups in total. The summed E-state index contributed by atoms with van der Waals surface area (Å²) < 4.78 is 12.8. The van der Waals surface area contributed by atoms with E-state index in [0.717, 1.165) is 34.3 Å². The molecule has 2 aromatic heterocycles. The van der Waals surface area contributed by atoms with E-state index >= 15 is 0 Å². The first-order chi connectivity index (χ1) is 14.0. The van der Waals surface area contributed by atoms with Crippen LogP contribution in [-0.2, 0) is 13.2 Å². The minimum atomic E-state index is -0.0535. The molecule has 7 nitrogen and oxygen atoms in total. The van der Waals surface area contributed by atoms with E-state index in [-0.39, 0.29) is 12.2 Å². The molecule has 0 spiro atoms. The van der Waals surface area contributed by atoms with Crippen LogP contribution in [0.3, 0.4) is 0 Å². The van der Waals surface area contributed by atoms with Crippen molar-refractivity contribution in [1.29, 1.82) is 0 Å². The average Bonchev–Trinajstić information content (AvgIpc) is 3.19. The number of benzene rings is 2. The number of nitrogens with zero attached hydrogens (tertiary/aromatic N) is 4. The Kier molecular flexibility index (Phi) is 5.12. The predicted octanol–water partition coefficient (Wildman–Crippen LogP) is 4.05. The zero-order chi connectivity index (χ0) is 20.4. The lowest BCUT2D eigenvalue weighted by Gasteiger charge is -2.10. The number of hydrogen-bond donors (Lipinski definition) is 0. The van der Waals surface area contributed by atoms with Crippen molar-refractivity contribution in [3.63, 3.8) is 0 Å². The molecule has 0 unspecified atom stereocenters. The van der Waals surface area contributed by atoms with Crippen LogP contribution in [0.15, 0.2) is 51.8 Å². The minimum absolute atomic E-state index is 0.0535. The molecule has 4 aromatic rings. The normalized spacial score (nSPS) is 11.1. The molecule has 0 fully saturated rings. The van der Waals surface area contributed by atoms with Gasteiger partial charge in [-0.05, 0) is 56.2 Å². The molecule has 0 radical (unpaired) electrons. The second-order valence-corrected chi connectivity index (χ2v) is 6.97. The zero-order valence-corrected chi connectivity index (χ0v) is 16.7. The molecule has 0 saturated carbocycles. The van der Waals surface area contributed by atoms with E-state index in [1.54, 1.807) is 11.5 Å². The van der Waals surface area contributed by atoms with E-state index in [0.29, 0.717) is 24.0 Å². The molecule has 7 heteroatoms. The van der Waals surface area contributed by atoms with Crippen molar-refractivity contribution in [2.75, 3.05) is 0 Å². The molecule has 29 heavy (non-hydrogen) atoms. The lowest BCUT2D eigenvalue weighted by Crippen LogP contribution is -2.24. The third-order valence-corrected chi connectivity index (χ3v) is 4.63. The molecule has 0 aliphatic heterocycles. The minimum Gasteiger partial charge on any atom is -0.484 e. The highest BCUT2D eigenvalue weighted by molar-refractivity contribution is 5.80. The second-order valence-electron chi connectivity index (χ2n) is 6.97. The lowest BCUT2D eigenvalue weighted by molar-refractivity contribution is 0.243. The maximum Gasteiger partial charge on any atom is 0.272 e. The van der Waals surface area contributed by atoms with Crippen LogP contribution in [0.2, 0.25) is 0 Å². The molecule has 2 heterocycles. The number of rotatable bonds is 6. The Balaban J connectivity index is 1.60. The highest BCUT2D eigenvalue weighted by Gasteiger charge is 2.13. The van der Waals surface area contributed by atoms with Crippen molar-refractivity contribution in [2.24, 2.45) is 0 Å². The van der Waals surface area contributed by atoms with Crippen molar-refractivity contribution in [2.45, 2.75) is 40.3 Å². The van der Waals surface area contributed by atoms with Gasteiger partial charge in [-0.25, -0.2) is 4.98 Å².